The molecule has 2 aromatic carbocycles. The first-order valence-electron chi connectivity index (χ1n) is 7.58. The van der Waals surface area contributed by atoms with Crippen LogP contribution in [0.3, 0.4) is 0 Å². The molecule has 6 nitrogen and oxygen atoms in total. The highest BCUT2D eigenvalue weighted by Crippen LogP contribution is 2.13. The van der Waals surface area contributed by atoms with E-state index in [-0.39, 0.29) is 5.49 Å². The van der Waals surface area contributed by atoms with Crippen molar-refractivity contribution in [1.82, 2.24) is 19.4 Å². The Balaban J connectivity index is 1.74. The molecule has 25 heavy (non-hydrogen) atoms. The SMILES string of the molecule is N=c1c2cnn(-c3ccccc3)c2ncn1/N=C\c1ccc(Cl)cc1. The second-order valence-electron chi connectivity index (χ2n) is 5.36. The van der Waals surface area contributed by atoms with Gasteiger partial charge in [0.15, 0.2) is 11.1 Å². The van der Waals surface area contributed by atoms with Gasteiger partial charge in [-0.1, -0.05) is 41.9 Å². The number of aromatic nitrogens is 4. The molecule has 0 amide bonds. The van der Waals surface area contributed by atoms with Gasteiger partial charge in [0, 0.05) is 5.02 Å². The molecule has 7 heteroatoms. The monoisotopic (exact) mass is 348 g/mol. The van der Waals surface area contributed by atoms with Crippen LogP contribution in [0.4, 0.5) is 0 Å². The van der Waals surface area contributed by atoms with Crippen LogP contribution in [0.5, 0.6) is 0 Å². The summed E-state index contributed by atoms with van der Waals surface area (Å²) in [5, 5.41) is 18.3. The van der Waals surface area contributed by atoms with Gasteiger partial charge >= 0.3 is 0 Å². The van der Waals surface area contributed by atoms with Crippen LogP contribution < -0.4 is 5.49 Å². The van der Waals surface area contributed by atoms with Crippen LogP contribution in [0.2, 0.25) is 5.02 Å². The van der Waals surface area contributed by atoms with Crippen LogP contribution in [0, 0.1) is 5.41 Å². The molecule has 0 unspecified atom stereocenters. The first kappa shape index (κ1) is 15.3. The molecule has 0 aliphatic rings. The second kappa shape index (κ2) is 6.33. The molecule has 0 radical (unpaired) electrons. The van der Waals surface area contributed by atoms with Crippen LogP contribution in [-0.4, -0.2) is 25.7 Å². The van der Waals surface area contributed by atoms with Crippen LogP contribution in [0.1, 0.15) is 5.56 Å². The van der Waals surface area contributed by atoms with Crippen LogP contribution in [0.15, 0.2) is 72.2 Å². The maximum atomic E-state index is 8.35. The Morgan fingerprint density at radius 2 is 1.80 bits per heavy atom. The second-order valence-corrected chi connectivity index (χ2v) is 5.80. The number of fused-ring (bicyclic) bond motifs is 1. The minimum atomic E-state index is 0.220. The molecule has 0 fully saturated rings. The van der Waals surface area contributed by atoms with Crippen molar-refractivity contribution in [1.29, 1.82) is 5.41 Å². The maximum absolute atomic E-state index is 8.35. The Bertz CT molecular complexity index is 1110. The standard InChI is InChI=1S/C18H13ClN6/c19-14-8-6-13(7-9-14)10-22-24-12-21-18-16(17(24)20)11-23-25(18)15-4-2-1-3-5-15/h1-12,20H/b20-17?,22-10-. The Labute approximate surface area is 148 Å². The highest BCUT2D eigenvalue weighted by atomic mass is 35.5. The first-order valence-corrected chi connectivity index (χ1v) is 7.95. The zero-order valence-corrected chi connectivity index (χ0v) is 13.8. The van der Waals surface area contributed by atoms with Crippen molar-refractivity contribution >= 4 is 28.8 Å². The summed E-state index contributed by atoms with van der Waals surface area (Å²) in [5.41, 5.74) is 2.62. The number of halogens is 1. The normalized spacial score (nSPS) is 11.4. The number of rotatable bonds is 3. The summed E-state index contributed by atoms with van der Waals surface area (Å²) in [7, 11) is 0. The van der Waals surface area contributed by atoms with E-state index in [0.717, 1.165) is 11.3 Å². The fraction of sp³-hybridized carbons (Fsp3) is 0. The molecule has 4 aromatic rings. The van der Waals surface area contributed by atoms with E-state index in [1.807, 2.05) is 42.5 Å². The van der Waals surface area contributed by atoms with Gasteiger partial charge in [0.25, 0.3) is 0 Å². The predicted octanol–water partition coefficient (Wildman–Crippen LogP) is 3.24. The van der Waals surface area contributed by atoms with Gasteiger partial charge in [-0.3, -0.25) is 5.41 Å². The van der Waals surface area contributed by atoms with Crippen molar-refractivity contribution in [2.24, 2.45) is 5.10 Å². The van der Waals surface area contributed by atoms with Crippen LogP contribution in [0.25, 0.3) is 16.7 Å². The van der Waals surface area contributed by atoms with Gasteiger partial charge in [0.1, 0.15) is 6.33 Å². The van der Waals surface area contributed by atoms with Crippen molar-refractivity contribution in [2.45, 2.75) is 0 Å². The maximum Gasteiger partial charge on any atom is 0.168 e. The quantitative estimate of drug-likeness (QED) is 0.577. The van der Waals surface area contributed by atoms with Crippen molar-refractivity contribution in [3.05, 3.63) is 83.2 Å². The fourth-order valence-electron chi connectivity index (χ4n) is 2.45. The molecule has 0 aliphatic carbocycles. The summed E-state index contributed by atoms with van der Waals surface area (Å²) in [5.74, 6) is 0. The third-order valence-corrected chi connectivity index (χ3v) is 3.97. The molecule has 0 bridgehead atoms. The van der Waals surface area contributed by atoms with E-state index in [1.165, 1.54) is 11.0 Å². The lowest BCUT2D eigenvalue weighted by Crippen LogP contribution is -2.17. The van der Waals surface area contributed by atoms with Gasteiger partial charge in [-0.05, 0) is 29.8 Å². The number of hydrogen-bond donors (Lipinski definition) is 1. The smallest absolute Gasteiger partial charge is 0.168 e. The molecule has 0 atom stereocenters. The molecule has 0 saturated carbocycles. The zero-order valence-electron chi connectivity index (χ0n) is 13.0. The lowest BCUT2D eigenvalue weighted by atomic mass is 10.2. The van der Waals surface area contributed by atoms with E-state index in [4.69, 9.17) is 17.0 Å². The molecule has 2 aromatic heterocycles. The van der Waals surface area contributed by atoms with Gasteiger partial charge in [0.2, 0.25) is 0 Å². The Kier molecular flexibility index (Phi) is 3.87. The summed E-state index contributed by atoms with van der Waals surface area (Å²) >= 11 is 5.87. The topological polar surface area (TPSA) is 71.8 Å². The van der Waals surface area contributed by atoms with E-state index in [2.05, 4.69) is 15.2 Å². The number of para-hydroxylation sites is 1. The molecule has 4 rings (SSSR count). The van der Waals surface area contributed by atoms with Crippen LogP contribution >= 0.6 is 11.6 Å². The van der Waals surface area contributed by atoms with E-state index >= 15 is 0 Å². The summed E-state index contributed by atoms with van der Waals surface area (Å²) < 4.78 is 3.12. The largest absolute Gasteiger partial charge is 0.282 e. The molecule has 0 spiro atoms. The Morgan fingerprint density at radius 1 is 1.04 bits per heavy atom. The minimum Gasteiger partial charge on any atom is -0.282 e. The molecule has 0 aliphatic heterocycles. The average molecular weight is 349 g/mol. The third-order valence-electron chi connectivity index (χ3n) is 3.72. The lowest BCUT2D eigenvalue weighted by Gasteiger charge is -2.03. The summed E-state index contributed by atoms with van der Waals surface area (Å²) in [6, 6.07) is 17.0. The third kappa shape index (κ3) is 2.95. The van der Waals surface area contributed by atoms with Gasteiger partial charge in [-0.25, -0.2) is 14.3 Å². The van der Waals surface area contributed by atoms with Crippen molar-refractivity contribution in [3.63, 3.8) is 0 Å². The number of benzene rings is 2. The first-order chi connectivity index (χ1) is 12.2. The fourth-order valence-corrected chi connectivity index (χ4v) is 2.57. The predicted molar refractivity (Wildman–Crippen MR) is 97.2 cm³/mol. The lowest BCUT2D eigenvalue weighted by molar-refractivity contribution is 0.779. The number of nitrogens with zero attached hydrogens (tertiary/aromatic N) is 5. The van der Waals surface area contributed by atoms with Crippen molar-refractivity contribution < 1.29 is 0 Å². The zero-order chi connectivity index (χ0) is 17.2. The van der Waals surface area contributed by atoms with Gasteiger partial charge in [-0.15, -0.1) is 0 Å². The highest BCUT2D eigenvalue weighted by Gasteiger charge is 2.08. The van der Waals surface area contributed by atoms with Gasteiger partial charge in [-0.2, -0.15) is 10.2 Å². The highest BCUT2D eigenvalue weighted by molar-refractivity contribution is 6.30. The molecule has 2 heterocycles. The van der Waals surface area contributed by atoms with Crippen molar-refractivity contribution in [2.75, 3.05) is 0 Å². The number of hydrogen-bond acceptors (Lipinski definition) is 4. The van der Waals surface area contributed by atoms with Crippen molar-refractivity contribution in [3.8, 4) is 5.69 Å². The molecule has 0 saturated heterocycles. The van der Waals surface area contributed by atoms with E-state index in [1.54, 1.807) is 29.2 Å². The van der Waals surface area contributed by atoms with Gasteiger partial charge in [0.05, 0.1) is 23.5 Å². The van der Waals surface area contributed by atoms with Crippen LogP contribution in [-0.2, 0) is 0 Å². The van der Waals surface area contributed by atoms with Gasteiger partial charge < -0.3 is 0 Å². The molecular weight excluding hydrogens is 336 g/mol. The molecule has 122 valence electrons. The Morgan fingerprint density at radius 3 is 2.56 bits per heavy atom. The molecular formula is C18H13ClN6. The van der Waals surface area contributed by atoms with E-state index in [9.17, 15) is 0 Å². The number of nitrogens with one attached hydrogen (secondary N) is 1. The van der Waals surface area contributed by atoms with E-state index in [0.29, 0.717) is 16.1 Å². The Hall–Kier alpha value is -3.25. The van der Waals surface area contributed by atoms with E-state index < -0.39 is 0 Å². The molecule has 1 N–H and O–H groups in total. The average Bonchev–Trinajstić information content (AvgIpc) is 3.08. The summed E-state index contributed by atoms with van der Waals surface area (Å²) in [6.45, 7) is 0. The summed E-state index contributed by atoms with van der Waals surface area (Å²) in [4.78, 5) is 4.41. The minimum absolute atomic E-state index is 0.220. The summed E-state index contributed by atoms with van der Waals surface area (Å²) in [6.07, 6.45) is 4.80.